The first kappa shape index (κ1) is 20.8. The second kappa shape index (κ2) is 6.11. The standard InChI is InChI=1S/C6H9Cl6O6P/c1-3(13,5(7,8)9)17-19(15,16)18-4(2,14)6(10,11)12/h13-14H,1-2H3,(H,15,16). The highest BCUT2D eigenvalue weighted by molar-refractivity contribution is 7.47. The van der Waals surface area contributed by atoms with Crippen LogP contribution in [0, 0.1) is 0 Å². The smallest absolute Gasteiger partial charge is 0.362 e. The second-order valence-corrected chi connectivity index (χ2v) is 9.48. The normalized spacial score (nSPS) is 23.3. The van der Waals surface area contributed by atoms with Crippen LogP contribution in [0.1, 0.15) is 13.8 Å². The zero-order valence-electron chi connectivity index (χ0n) is 9.28. The molecule has 0 fully saturated rings. The van der Waals surface area contributed by atoms with Crippen molar-refractivity contribution in [3.8, 4) is 0 Å². The lowest BCUT2D eigenvalue weighted by Gasteiger charge is -2.35. The molecule has 2 atom stereocenters. The molecule has 13 heteroatoms. The number of phosphoric ester groups is 1. The zero-order chi connectivity index (χ0) is 15.9. The van der Waals surface area contributed by atoms with Crippen molar-refractivity contribution in [2.75, 3.05) is 0 Å². The van der Waals surface area contributed by atoms with Crippen molar-refractivity contribution in [2.24, 2.45) is 0 Å². The minimum absolute atomic E-state index is 0.774. The van der Waals surface area contributed by atoms with Crippen LogP contribution in [0.15, 0.2) is 0 Å². The van der Waals surface area contributed by atoms with Crippen LogP contribution in [0.2, 0.25) is 0 Å². The molecule has 0 aliphatic rings. The van der Waals surface area contributed by atoms with Crippen LogP contribution in [0.4, 0.5) is 0 Å². The van der Waals surface area contributed by atoms with Crippen molar-refractivity contribution in [3.63, 3.8) is 0 Å². The highest BCUT2D eigenvalue weighted by atomic mass is 35.6. The van der Waals surface area contributed by atoms with Gasteiger partial charge in [-0.3, -0.25) is 0 Å². The zero-order valence-corrected chi connectivity index (χ0v) is 14.7. The third-order valence-corrected chi connectivity index (χ3v) is 4.91. The van der Waals surface area contributed by atoms with Gasteiger partial charge >= 0.3 is 7.82 Å². The summed E-state index contributed by atoms with van der Waals surface area (Å²) in [6.07, 6.45) is 0. The molecule has 0 saturated heterocycles. The summed E-state index contributed by atoms with van der Waals surface area (Å²) in [7, 11) is -5.14. The molecule has 2 unspecified atom stereocenters. The molecule has 116 valence electrons. The number of aliphatic hydroxyl groups is 2. The Morgan fingerprint density at radius 2 is 1.05 bits per heavy atom. The number of hydrogen-bond donors (Lipinski definition) is 3. The Kier molecular flexibility index (Phi) is 6.68. The lowest BCUT2D eigenvalue weighted by Crippen LogP contribution is -2.45. The molecule has 19 heavy (non-hydrogen) atoms. The van der Waals surface area contributed by atoms with Gasteiger partial charge in [-0.2, -0.15) is 0 Å². The topological polar surface area (TPSA) is 96.2 Å². The van der Waals surface area contributed by atoms with Gasteiger partial charge in [-0.15, -0.1) is 0 Å². The van der Waals surface area contributed by atoms with Crippen LogP contribution >= 0.6 is 77.4 Å². The Bertz CT molecular complexity index is 341. The maximum Gasteiger partial charge on any atom is 0.477 e. The SMILES string of the molecule is CC(O)(OP(=O)(O)OC(C)(O)C(Cl)(Cl)Cl)C(Cl)(Cl)Cl. The molecule has 0 heterocycles. The summed E-state index contributed by atoms with van der Waals surface area (Å²) in [5.41, 5.74) is 0. The molecule has 0 bridgehead atoms. The van der Waals surface area contributed by atoms with E-state index >= 15 is 0 Å². The van der Waals surface area contributed by atoms with Crippen molar-refractivity contribution in [1.82, 2.24) is 0 Å². The Morgan fingerprint density at radius 3 is 1.21 bits per heavy atom. The van der Waals surface area contributed by atoms with E-state index in [4.69, 9.17) is 69.6 Å². The molecular weight excluding hydrogens is 412 g/mol. The van der Waals surface area contributed by atoms with E-state index in [1.54, 1.807) is 0 Å². The minimum atomic E-state index is -5.14. The van der Waals surface area contributed by atoms with Gasteiger partial charge in [0.1, 0.15) is 0 Å². The van der Waals surface area contributed by atoms with Gasteiger partial charge in [0.25, 0.3) is 0 Å². The van der Waals surface area contributed by atoms with Crippen LogP contribution in [-0.4, -0.2) is 34.3 Å². The predicted molar refractivity (Wildman–Crippen MR) is 73.8 cm³/mol. The summed E-state index contributed by atoms with van der Waals surface area (Å²) in [6, 6.07) is 0. The van der Waals surface area contributed by atoms with E-state index in [9.17, 15) is 19.7 Å². The Hall–Kier alpha value is 1.77. The Labute approximate surface area is 139 Å². The number of halogens is 6. The van der Waals surface area contributed by atoms with E-state index in [1.165, 1.54) is 0 Å². The summed E-state index contributed by atoms with van der Waals surface area (Å²) in [4.78, 5) is 9.35. The van der Waals surface area contributed by atoms with E-state index in [0.29, 0.717) is 0 Å². The van der Waals surface area contributed by atoms with Gasteiger partial charge in [0, 0.05) is 0 Å². The first-order valence-electron chi connectivity index (χ1n) is 4.24. The van der Waals surface area contributed by atoms with E-state index in [0.717, 1.165) is 13.8 Å². The molecule has 0 radical (unpaired) electrons. The molecular formula is C6H9Cl6O6P. The maximum absolute atomic E-state index is 11.6. The highest BCUT2D eigenvalue weighted by Crippen LogP contribution is 2.57. The fourth-order valence-electron chi connectivity index (χ4n) is 0.571. The van der Waals surface area contributed by atoms with Crippen molar-refractivity contribution < 1.29 is 28.7 Å². The summed E-state index contributed by atoms with van der Waals surface area (Å²) in [5.74, 6) is -5.43. The molecule has 0 spiro atoms. The lowest BCUT2D eigenvalue weighted by atomic mass is 10.4. The molecule has 6 nitrogen and oxygen atoms in total. The van der Waals surface area contributed by atoms with Crippen LogP contribution in [-0.2, 0) is 13.6 Å². The van der Waals surface area contributed by atoms with Crippen molar-refractivity contribution in [3.05, 3.63) is 0 Å². The van der Waals surface area contributed by atoms with Gasteiger partial charge in [-0.05, 0) is 13.8 Å². The van der Waals surface area contributed by atoms with Gasteiger partial charge in [-0.1, -0.05) is 69.6 Å². The van der Waals surface area contributed by atoms with Crippen LogP contribution in [0.25, 0.3) is 0 Å². The Balaban J connectivity index is 5.10. The van der Waals surface area contributed by atoms with Gasteiger partial charge in [0.2, 0.25) is 19.2 Å². The Morgan fingerprint density at radius 1 is 0.842 bits per heavy atom. The molecule has 0 rings (SSSR count). The fraction of sp³-hybridized carbons (Fsp3) is 1.00. The third kappa shape index (κ3) is 6.19. The van der Waals surface area contributed by atoms with Crippen LogP contribution < -0.4 is 0 Å². The highest BCUT2D eigenvalue weighted by Gasteiger charge is 2.54. The second-order valence-electron chi connectivity index (χ2n) is 3.61. The maximum atomic E-state index is 11.6. The molecule has 0 amide bonds. The number of hydrogen-bond acceptors (Lipinski definition) is 5. The van der Waals surface area contributed by atoms with Gasteiger partial charge in [-0.25, -0.2) is 13.6 Å². The average Bonchev–Trinajstić information content (AvgIpc) is 1.93. The van der Waals surface area contributed by atoms with Gasteiger partial charge in [0.05, 0.1) is 0 Å². The fourth-order valence-corrected chi connectivity index (χ4v) is 2.34. The van der Waals surface area contributed by atoms with E-state index in [-0.39, 0.29) is 0 Å². The van der Waals surface area contributed by atoms with Crippen LogP contribution in [0.5, 0.6) is 0 Å². The lowest BCUT2D eigenvalue weighted by molar-refractivity contribution is -0.172. The van der Waals surface area contributed by atoms with E-state index in [2.05, 4.69) is 9.05 Å². The molecule has 0 saturated carbocycles. The first-order chi connectivity index (χ1) is 7.91. The summed E-state index contributed by atoms with van der Waals surface area (Å²) < 4.78 is 15.1. The quantitative estimate of drug-likeness (QED) is 0.367. The van der Waals surface area contributed by atoms with E-state index in [1.807, 2.05) is 0 Å². The third-order valence-electron chi connectivity index (χ3n) is 1.64. The van der Waals surface area contributed by atoms with E-state index < -0.39 is 27.0 Å². The molecule has 0 aromatic heterocycles. The van der Waals surface area contributed by atoms with Crippen molar-refractivity contribution in [1.29, 1.82) is 0 Å². The van der Waals surface area contributed by atoms with Crippen molar-refractivity contribution >= 4 is 77.4 Å². The number of rotatable bonds is 4. The van der Waals surface area contributed by atoms with Gasteiger partial charge < -0.3 is 15.1 Å². The summed E-state index contributed by atoms with van der Waals surface area (Å²) >= 11 is 31.9. The average molecular weight is 421 g/mol. The number of alkyl halides is 6. The number of phosphoric acid groups is 1. The molecule has 0 aliphatic heterocycles. The first-order valence-corrected chi connectivity index (χ1v) is 8.00. The molecule has 0 aliphatic carbocycles. The molecule has 3 N–H and O–H groups in total. The van der Waals surface area contributed by atoms with Gasteiger partial charge in [0.15, 0.2) is 0 Å². The largest absolute Gasteiger partial charge is 0.477 e. The minimum Gasteiger partial charge on any atom is -0.362 e. The van der Waals surface area contributed by atoms with Crippen molar-refractivity contribution in [2.45, 2.75) is 33.0 Å². The molecule has 0 aromatic rings. The summed E-state index contributed by atoms with van der Waals surface area (Å²) in [6.45, 7) is 1.55. The monoisotopic (exact) mass is 418 g/mol. The predicted octanol–water partition coefficient (Wildman–Crippen LogP) is 3.28. The van der Waals surface area contributed by atoms with Crippen LogP contribution in [0.3, 0.4) is 0 Å². The molecule has 0 aromatic carbocycles. The summed E-state index contributed by atoms with van der Waals surface area (Å²) in [5, 5.41) is 19.2.